The van der Waals surface area contributed by atoms with E-state index < -0.39 is 0 Å². The van der Waals surface area contributed by atoms with E-state index in [1.54, 1.807) is 19.0 Å². The zero-order valence-corrected chi connectivity index (χ0v) is 8.08. The van der Waals surface area contributed by atoms with Crippen molar-refractivity contribution in [1.29, 1.82) is 5.41 Å². The van der Waals surface area contributed by atoms with E-state index in [4.69, 9.17) is 11.1 Å². The molecule has 1 saturated heterocycles. The number of urea groups is 1. The van der Waals surface area contributed by atoms with Gasteiger partial charge in [-0.15, -0.1) is 0 Å². The number of nitrogens with zero attached hydrogens (tertiary/aromatic N) is 2. The van der Waals surface area contributed by atoms with Crippen LogP contribution in [0.15, 0.2) is 0 Å². The van der Waals surface area contributed by atoms with Crippen LogP contribution >= 0.6 is 0 Å². The summed E-state index contributed by atoms with van der Waals surface area (Å²) < 4.78 is 0. The van der Waals surface area contributed by atoms with Gasteiger partial charge in [-0.1, -0.05) is 0 Å². The fraction of sp³-hybridized carbons (Fsp3) is 0.750. The predicted molar refractivity (Wildman–Crippen MR) is 50.7 cm³/mol. The molecule has 1 aliphatic heterocycles. The summed E-state index contributed by atoms with van der Waals surface area (Å²) in [7, 11) is 3.41. The van der Waals surface area contributed by atoms with Gasteiger partial charge < -0.3 is 15.5 Å². The molecule has 1 fully saturated rings. The Kier molecular flexibility index (Phi) is 2.75. The van der Waals surface area contributed by atoms with Crippen molar-refractivity contribution in [3.05, 3.63) is 0 Å². The minimum atomic E-state index is -0.185. The summed E-state index contributed by atoms with van der Waals surface area (Å²) in [5.74, 6) is 0.0905. The van der Waals surface area contributed by atoms with Crippen LogP contribution < -0.4 is 5.73 Å². The van der Waals surface area contributed by atoms with Crippen LogP contribution in [0.3, 0.4) is 0 Å². The van der Waals surface area contributed by atoms with Crippen LogP contribution in [0.1, 0.15) is 12.8 Å². The summed E-state index contributed by atoms with van der Waals surface area (Å²) in [4.78, 5) is 14.7. The molecule has 2 amide bonds. The van der Waals surface area contributed by atoms with Crippen LogP contribution in [-0.4, -0.2) is 48.3 Å². The zero-order valence-electron chi connectivity index (χ0n) is 8.08. The number of nitrogens with two attached hydrogens (primary N) is 1. The Morgan fingerprint density at radius 1 is 1.62 bits per heavy atom. The molecule has 0 saturated carbocycles. The Morgan fingerprint density at radius 3 is 2.69 bits per heavy atom. The maximum Gasteiger partial charge on any atom is 0.320 e. The molecular weight excluding hydrogens is 168 g/mol. The molecule has 5 nitrogen and oxygen atoms in total. The summed E-state index contributed by atoms with van der Waals surface area (Å²) in [5.41, 5.74) is 5.40. The van der Waals surface area contributed by atoms with Crippen molar-refractivity contribution in [2.75, 3.05) is 20.6 Å². The molecule has 0 aromatic rings. The summed E-state index contributed by atoms with van der Waals surface area (Å²) in [6.07, 6.45) is 1.75. The normalized spacial score (nSPS) is 21.7. The first-order valence-electron chi connectivity index (χ1n) is 4.36. The molecule has 0 bridgehead atoms. The van der Waals surface area contributed by atoms with Crippen molar-refractivity contribution >= 4 is 11.9 Å². The van der Waals surface area contributed by atoms with Crippen LogP contribution in [0.25, 0.3) is 0 Å². The first kappa shape index (κ1) is 9.83. The lowest BCUT2D eigenvalue weighted by molar-refractivity contribution is 0.175. The summed E-state index contributed by atoms with van der Waals surface area (Å²) in [5, 5.41) is 7.32. The van der Waals surface area contributed by atoms with Crippen LogP contribution in [0, 0.1) is 5.41 Å². The Hall–Kier alpha value is -1.26. The standard InChI is InChI=1S/C8H16N4O/c1-11(2)8(13)12-5-3-4-6(12)7(9)10/h6H,3-5H2,1-2H3,(H3,9,10). The molecule has 1 unspecified atom stereocenters. The van der Waals surface area contributed by atoms with Gasteiger partial charge in [0.1, 0.15) is 5.84 Å². The number of hydrogen-bond donors (Lipinski definition) is 2. The van der Waals surface area contributed by atoms with Gasteiger partial charge in [-0.25, -0.2) is 4.79 Å². The third-order valence-corrected chi connectivity index (χ3v) is 2.24. The lowest BCUT2D eigenvalue weighted by Crippen LogP contribution is -2.47. The Balaban J connectivity index is 2.68. The van der Waals surface area contributed by atoms with Gasteiger partial charge in [-0.05, 0) is 12.8 Å². The third-order valence-electron chi connectivity index (χ3n) is 2.24. The number of carbonyl (C=O) groups is 1. The zero-order chi connectivity index (χ0) is 10.0. The van der Waals surface area contributed by atoms with E-state index in [1.807, 2.05) is 0 Å². The molecule has 1 rings (SSSR count). The lowest BCUT2D eigenvalue weighted by Gasteiger charge is -2.26. The minimum absolute atomic E-state index is 0.0577. The van der Waals surface area contributed by atoms with Gasteiger partial charge in [0.2, 0.25) is 0 Å². The average Bonchev–Trinajstić information content (AvgIpc) is 2.50. The molecule has 74 valence electrons. The van der Waals surface area contributed by atoms with E-state index in [1.165, 1.54) is 4.90 Å². The van der Waals surface area contributed by atoms with E-state index in [9.17, 15) is 4.79 Å². The summed E-state index contributed by atoms with van der Waals surface area (Å²) >= 11 is 0. The van der Waals surface area contributed by atoms with Crippen molar-refractivity contribution in [1.82, 2.24) is 9.80 Å². The maximum absolute atomic E-state index is 11.6. The SMILES string of the molecule is CN(C)C(=O)N1CCCC1C(=N)N. The second-order valence-corrected chi connectivity index (χ2v) is 3.48. The van der Waals surface area contributed by atoms with Gasteiger partial charge in [0, 0.05) is 20.6 Å². The Morgan fingerprint density at radius 2 is 2.23 bits per heavy atom. The molecule has 0 aromatic heterocycles. The molecule has 0 aliphatic carbocycles. The van der Waals surface area contributed by atoms with Crippen molar-refractivity contribution in [2.24, 2.45) is 5.73 Å². The van der Waals surface area contributed by atoms with Gasteiger partial charge in [-0.2, -0.15) is 0 Å². The molecule has 0 aromatic carbocycles. The maximum atomic E-state index is 11.6. The number of likely N-dealkylation sites (tertiary alicyclic amines) is 1. The smallest absolute Gasteiger partial charge is 0.320 e. The first-order chi connectivity index (χ1) is 6.04. The Bertz CT molecular complexity index is 226. The van der Waals surface area contributed by atoms with E-state index >= 15 is 0 Å². The van der Waals surface area contributed by atoms with Crippen LogP contribution in [0.2, 0.25) is 0 Å². The quantitative estimate of drug-likeness (QED) is 0.447. The number of rotatable bonds is 1. The number of carbonyl (C=O) groups excluding carboxylic acids is 1. The van der Waals surface area contributed by atoms with Crippen molar-refractivity contribution in [3.8, 4) is 0 Å². The third kappa shape index (κ3) is 1.91. The highest BCUT2D eigenvalue weighted by molar-refractivity contribution is 5.88. The lowest BCUT2D eigenvalue weighted by atomic mass is 10.2. The second-order valence-electron chi connectivity index (χ2n) is 3.48. The number of hydrogen-bond acceptors (Lipinski definition) is 2. The summed E-state index contributed by atoms with van der Waals surface area (Å²) in [6.45, 7) is 0.710. The minimum Gasteiger partial charge on any atom is -0.386 e. The van der Waals surface area contributed by atoms with Crippen LogP contribution in [-0.2, 0) is 0 Å². The van der Waals surface area contributed by atoms with Gasteiger partial charge in [0.05, 0.1) is 6.04 Å². The number of amides is 2. The molecular formula is C8H16N4O. The molecule has 0 spiro atoms. The summed E-state index contributed by atoms with van der Waals surface area (Å²) in [6, 6.07) is -0.243. The number of nitrogens with one attached hydrogen (secondary N) is 1. The van der Waals surface area contributed by atoms with E-state index in [2.05, 4.69) is 0 Å². The number of amidine groups is 1. The second kappa shape index (κ2) is 3.64. The van der Waals surface area contributed by atoms with Gasteiger partial charge in [0.25, 0.3) is 0 Å². The van der Waals surface area contributed by atoms with E-state index in [-0.39, 0.29) is 17.9 Å². The fourth-order valence-corrected chi connectivity index (χ4v) is 1.58. The fourth-order valence-electron chi connectivity index (χ4n) is 1.58. The topological polar surface area (TPSA) is 73.4 Å². The molecule has 1 heterocycles. The molecule has 3 N–H and O–H groups in total. The Labute approximate surface area is 78.0 Å². The van der Waals surface area contributed by atoms with Gasteiger partial charge in [0.15, 0.2) is 0 Å². The molecule has 0 radical (unpaired) electrons. The predicted octanol–water partition coefficient (Wildman–Crippen LogP) is 0.0684. The molecule has 13 heavy (non-hydrogen) atoms. The van der Waals surface area contributed by atoms with Crippen molar-refractivity contribution < 1.29 is 4.79 Å². The average molecular weight is 184 g/mol. The van der Waals surface area contributed by atoms with Crippen LogP contribution in [0.4, 0.5) is 4.79 Å². The largest absolute Gasteiger partial charge is 0.386 e. The first-order valence-corrected chi connectivity index (χ1v) is 4.36. The van der Waals surface area contributed by atoms with Crippen molar-refractivity contribution in [2.45, 2.75) is 18.9 Å². The monoisotopic (exact) mass is 184 g/mol. The molecule has 1 aliphatic rings. The van der Waals surface area contributed by atoms with Gasteiger partial charge >= 0.3 is 6.03 Å². The van der Waals surface area contributed by atoms with E-state index in [0.717, 1.165) is 12.8 Å². The highest BCUT2D eigenvalue weighted by Gasteiger charge is 2.31. The van der Waals surface area contributed by atoms with Crippen LogP contribution in [0.5, 0.6) is 0 Å². The molecule has 5 heteroatoms. The highest BCUT2D eigenvalue weighted by atomic mass is 16.2. The molecule has 1 atom stereocenters. The van der Waals surface area contributed by atoms with Gasteiger partial charge in [-0.3, -0.25) is 5.41 Å². The van der Waals surface area contributed by atoms with E-state index in [0.29, 0.717) is 6.54 Å². The van der Waals surface area contributed by atoms with Crippen molar-refractivity contribution in [3.63, 3.8) is 0 Å². The highest BCUT2D eigenvalue weighted by Crippen LogP contribution is 2.17.